The van der Waals surface area contributed by atoms with Gasteiger partial charge in [0.2, 0.25) is 5.91 Å². The summed E-state index contributed by atoms with van der Waals surface area (Å²) in [5.41, 5.74) is 2.83. The van der Waals surface area contributed by atoms with Crippen LogP contribution >= 0.6 is 0 Å². The Kier molecular flexibility index (Phi) is 3.28. The molecule has 1 N–H and O–H groups in total. The van der Waals surface area contributed by atoms with Crippen LogP contribution < -0.4 is 5.32 Å². The van der Waals surface area contributed by atoms with Gasteiger partial charge < -0.3 is 9.73 Å². The molecule has 0 saturated carbocycles. The van der Waals surface area contributed by atoms with E-state index in [-0.39, 0.29) is 5.91 Å². The Morgan fingerprint density at radius 3 is 2.82 bits per heavy atom. The van der Waals surface area contributed by atoms with Gasteiger partial charge in [0.25, 0.3) is 0 Å². The molecule has 17 heavy (non-hydrogen) atoms. The van der Waals surface area contributed by atoms with E-state index >= 15 is 0 Å². The normalized spacial score (nSPS) is 10.2. The summed E-state index contributed by atoms with van der Waals surface area (Å²) in [6.45, 7) is 3.84. The van der Waals surface area contributed by atoms with Crippen LogP contribution in [-0.2, 0) is 4.79 Å². The summed E-state index contributed by atoms with van der Waals surface area (Å²) >= 11 is 0. The number of hydrogen-bond acceptors (Lipinski definition) is 2. The van der Waals surface area contributed by atoms with E-state index in [1.807, 2.05) is 44.2 Å². The van der Waals surface area contributed by atoms with E-state index in [2.05, 4.69) is 5.32 Å². The van der Waals surface area contributed by atoms with Crippen LogP contribution in [0.2, 0.25) is 0 Å². The molecule has 0 aliphatic carbocycles. The molecule has 0 saturated heterocycles. The largest absolute Gasteiger partial charge is 0.464 e. The van der Waals surface area contributed by atoms with Crippen molar-refractivity contribution in [3.63, 3.8) is 0 Å². The monoisotopic (exact) mass is 229 g/mol. The molecule has 1 heterocycles. The fourth-order valence-electron chi connectivity index (χ4n) is 1.64. The van der Waals surface area contributed by atoms with Crippen molar-refractivity contribution in [3.8, 4) is 11.3 Å². The molecule has 0 atom stereocenters. The van der Waals surface area contributed by atoms with Crippen LogP contribution in [0.1, 0.15) is 18.9 Å². The first-order valence-corrected chi connectivity index (χ1v) is 5.65. The highest BCUT2D eigenvalue weighted by Gasteiger charge is 2.09. The van der Waals surface area contributed by atoms with Crippen LogP contribution in [0.15, 0.2) is 41.0 Å². The van der Waals surface area contributed by atoms with E-state index in [0.717, 1.165) is 22.6 Å². The van der Waals surface area contributed by atoms with Crippen LogP contribution in [0.4, 0.5) is 5.69 Å². The molecule has 1 aromatic carbocycles. The highest BCUT2D eigenvalue weighted by Crippen LogP contribution is 2.29. The smallest absolute Gasteiger partial charge is 0.224 e. The number of anilines is 1. The molecule has 0 aliphatic rings. The molecule has 2 aromatic rings. The molecule has 0 spiro atoms. The van der Waals surface area contributed by atoms with Gasteiger partial charge in [-0.25, -0.2) is 0 Å². The van der Waals surface area contributed by atoms with Gasteiger partial charge in [0.1, 0.15) is 5.76 Å². The van der Waals surface area contributed by atoms with Gasteiger partial charge in [-0.3, -0.25) is 4.79 Å². The van der Waals surface area contributed by atoms with E-state index < -0.39 is 0 Å². The first-order valence-electron chi connectivity index (χ1n) is 5.65. The maximum Gasteiger partial charge on any atom is 0.224 e. The van der Waals surface area contributed by atoms with Crippen LogP contribution in [0.25, 0.3) is 11.3 Å². The minimum atomic E-state index is 0.00154. The van der Waals surface area contributed by atoms with E-state index in [4.69, 9.17) is 4.42 Å². The average molecular weight is 229 g/mol. The van der Waals surface area contributed by atoms with E-state index in [1.165, 1.54) is 0 Å². The van der Waals surface area contributed by atoms with Crippen LogP contribution in [-0.4, -0.2) is 5.91 Å². The van der Waals surface area contributed by atoms with Crippen LogP contribution in [0.3, 0.4) is 0 Å². The SMILES string of the molecule is CCC(=O)Nc1ccc(C)cc1-c1ccco1. The second-order valence-electron chi connectivity index (χ2n) is 3.93. The number of aryl methyl sites for hydroxylation is 1. The molecule has 0 bridgehead atoms. The second-order valence-corrected chi connectivity index (χ2v) is 3.93. The third kappa shape index (κ3) is 2.56. The fraction of sp³-hybridized carbons (Fsp3) is 0.214. The number of benzene rings is 1. The van der Waals surface area contributed by atoms with Crippen molar-refractivity contribution in [2.24, 2.45) is 0 Å². The summed E-state index contributed by atoms with van der Waals surface area (Å²) in [5, 5.41) is 2.88. The van der Waals surface area contributed by atoms with E-state index in [9.17, 15) is 4.79 Å². The second kappa shape index (κ2) is 4.87. The summed E-state index contributed by atoms with van der Waals surface area (Å²) in [6.07, 6.45) is 2.09. The zero-order valence-electron chi connectivity index (χ0n) is 9.99. The standard InChI is InChI=1S/C14H15NO2/c1-3-14(16)15-12-7-6-10(2)9-11(12)13-5-4-8-17-13/h4-9H,3H2,1-2H3,(H,15,16). The van der Waals surface area contributed by atoms with Gasteiger partial charge in [-0.15, -0.1) is 0 Å². The Balaban J connectivity index is 2.41. The van der Waals surface area contributed by atoms with Gasteiger partial charge >= 0.3 is 0 Å². The molecule has 3 heteroatoms. The Hall–Kier alpha value is -2.03. The maximum atomic E-state index is 11.4. The third-order valence-corrected chi connectivity index (χ3v) is 2.56. The summed E-state index contributed by atoms with van der Waals surface area (Å²) < 4.78 is 5.38. The predicted octanol–water partition coefficient (Wildman–Crippen LogP) is 3.60. The highest BCUT2D eigenvalue weighted by molar-refractivity contribution is 5.94. The highest BCUT2D eigenvalue weighted by atomic mass is 16.3. The van der Waals surface area contributed by atoms with Gasteiger partial charge in [0, 0.05) is 12.0 Å². The maximum absolute atomic E-state index is 11.4. The minimum Gasteiger partial charge on any atom is -0.464 e. The zero-order chi connectivity index (χ0) is 12.3. The molecule has 0 aliphatic heterocycles. The lowest BCUT2D eigenvalue weighted by molar-refractivity contribution is -0.115. The number of carbonyl (C=O) groups excluding carboxylic acids is 1. The van der Waals surface area contributed by atoms with E-state index in [0.29, 0.717) is 6.42 Å². The molecule has 2 rings (SSSR count). The van der Waals surface area contributed by atoms with Crippen molar-refractivity contribution >= 4 is 11.6 Å². The molecule has 0 radical (unpaired) electrons. The molecule has 3 nitrogen and oxygen atoms in total. The molecular formula is C14H15NO2. The number of carbonyl (C=O) groups is 1. The van der Waals surface area contributed by atoms with Gasteiger partial charge in [0.05, 0.1) is 12.0 Å². The summed E-state index contributed by atoms with van der Waals surface area (Å²) in [6, 6.07) is 9.60. The lowest BCUT2D eigenvalue weighted by Gasteiger charge is -2.09. The van der Waals surface area contributed by atoms with Gasteiger partial charge in [-0.05, 0) is 31.2 Å². The van der Waals surface area contributed by atoms with Gasteiger partial charge in [0.15, 0.2) is 0 Å². The molecule has 88 valence electrons. The van der Waals surface area contributed by atoms with Crippen molar-refractivity contribution in [3.05, 3.63) is 42.2 Å². The fourth-order valence-corrected chi connectivity index (χ4v) is 1.64. The number of hydrogen-bond donors (Lipinski definition) is 1. The van der Waals surface area contributed by atoms with E-state index in [1.54, 1.807) is 6.26 Å². The summed E-state index contributed by atoms with van der Waals surface area (Å²) in [5.74, 6) is 0.766. The molecule has 0 fully saturated rings. The third-order valence-electron chi connectivity index (χ3n) is 2.56. The number of rotatable bonds is 3. The Labute approximate surface area is 100 Å². The zero-order valence-corrected chi connectivity index (χ0v) is 9.99. The van der Waals surface area contributed by atoms with Crippen molar-refractivity contribution < 1.29 is 9.21 Å². The van der Waals surface area contributed by atoms with Crippen molar-refractivity contribution in [2.75, 3.05) is 5.32 Å². The van der Waals surface area contributed by atoms with Crippen molar-refractivity contribution in [1.29, 1.82) is 0 Å². The van der Waals surface area contributed by atoms with Crippen molar-refractivity contribution in [1.82, 2.24) is 0 Å². The summed E-state index contributed by atoms with van der Waals surface area (Å²) in [7, 11) is 0. The number of amides is 1. The number of nitrogens with one attached hydrogen (secondary N) is 1. The first kappa shape index (κ1) is 11.5. The van der Waals surface area contributed by atoms with Crippen LogP contribution in [0, 0.1) is 6.92 Å². The lowest BCUT2D eigenvalue weighted by Crippen LogP contribution is -2.10. The average Bonchev–Trinajstić information content (AvgIpc) is 2.84. The molecule has 0 unspecified atom stereocenters. The number of furan rings is 1. The minimum absolute atomic E-state index is 0.00154. The lowest BCUT2D eigenvalue weighted by atomic mass is 10.1. The van der Waals surface area contributed by atoms with Gasteiger partial charge in [-0.1, -0.05) is 18.6 Å². The Bertz CT molecular complexity index is 515. The van der Waals surface area contributed by atoms with Gasteiger partial charge in [-0.2, -0.15) is 0 Å². The molecule has 1 aromatic heterocycles. The van der Waals surface area contributed by atoms with Crippen molar-refractivity contribution in [2.45, 2.75) is 20.3 Å². The molecular weight excluding hydrogens is 214 g/mol. The van der Waals surface area contributed by atoms with Crippen LogP contribution in [0.5, 0.6) is 0 Å². The Morgan fingerprint density at radius 2 is 2.18 bits per heavy atom. The quantitative estimate of drug-likeness (QED) is 0.873. The predicted molar refractivity (Wildman–Crippen MR) is 67.8 cm³/mol. The summed E-state index contributed by atoms with van der Waals surface area (Å²) in [4.78, 5) is 11.4. The topological polar surface area (TPSA) is 42.2 Å². The first-order chi connectivity index (χ1) is 8.20. The molecule has 1 amide bonds. The Morgan fingerprint density at radius 1 is 1.35 bits per heavy atom.